The molecule has 0 aliphatic carbocycles. The molecule has 2 rings (SSSR count). The molecule has 0 fully saturated rings. The van der Waals surface area contributed by atoms with Gasteiger partial charge in [0.2, 0.25) is 0 Å². The number of hydrogen-bond acceptors (Lipinski definition) is 3. The van der Waals surface area contributed by atoms with Crippen LogP contribution in [0.2, 0.25) is 0 Å². The molecule has 0 saturated heterocycles. The lowest BCUT2D eigenvalue weighted by atomic mass is 10.1. The van der Waals surface area contributed by atoms with Crippen LogP contribution in [0.25, 0.3) is 0 Å². The molecule has 0 spiro atoms. The minimum absolute atomic E-state index is 0.0510. The Morgan fingerprint density at radius 1 is 0.833 bits per heavy atom. The maximum atomic E-state index is 14.4. The minimum Gasteiger partial charge on any atom is -0.493 e. The van der Waals surface area contributed by atoms with Crippen LogP contribution in [0.5, 0.6) is 11.5 Å². The molecule has 3 nitrogen and oxygen atoms in total. The van der Waals surface area contributed by atoms with Crippen LogP contribution >= 0.6 is 0 Å². The number of esters is 1. The van der Waals surface area contributed by atoms with Gasteiger partial charge in [-0.05, 0) is 49.1 Å². The number of para-hydroxylation sites is 1. The highest BCUT2D eigenvalue weighted by Gasteiger charge is 2.17. The van der Waals surface area contributed by atoms with Crippen molar-refractivity contribution >= 4 is 5.97 Å². The number of aryl methyl sites for hydroxylation is 1. The molecule has 0 atom stereocenters. The van der Waals surface area contributed by atoms with E-state index in [0.29, 0.717) is 17.9 Å². The first-order chi connectivity index (χ1) is 14.7. The van der Waals surface area contributed by atoms with Crippen LogP contribution in [0.1, 0.15) is 87.6 Å². The molecule has 0 aliphatic rings. The molecular weight excluding hydrogens is 379 g/mol. The third kappa shape index (κ3) is 8.17. The van der Waals surface area contributed by atoms with Crippen molar-refractivity contribution in [1.82, 2.24) is 0 Å². The molecule has 2 aromatic carbocycles. The van der Waals surface area contributed by atoms with Crippen LogP contribution in [0.15, 0.2) is 42.5 Å². The summed E-state index contributed by atoms with van der Waals surface area (Å²) in [6, 6.07) is 11.8. The average Bonchev–Trinajstić information content (AvgIpc) is 2.75. The van der Waals surface area contributed by atoms with Gasteiger partial charge in [0.15, 0.2) is 11.6 Å². The lowest BCUT2D eigenvalue weighted by Gasteiger charge is -2.12. The highest BCUT2D eigenvalue weighted by Crippen LogP contribution is 2.24. The highest BCUT2D eigenvalue weighted by atomic mass is 19.1. The Balaban J connectivity index is 1.91. The molecule has 0 aromatic heterocycles. The molecule has 164 valence electrons. The van der Waals surface area contributed by atoms with Crippen LogP contribution in [-0.4, -0.2) is 12.6 Å². The smallest absolute Gasteiger partial charge is 0.347 e. The van der Waals surface area contributed by atoms with Gasteiger partial charge in [-0.2, -0.15) is 0 Å². The van der Waals surface area contributed by atoms with Gasteiger partial charge >= 0.3 is 5.97 Å². The van der Waals surface area contributed by atoms with Crippen molar-refractivity contribution in [3.63, 3.8) is 0 Å². The summed E-state index contributed by atoms with van der Waals surface area (Å²) in [5.41, 5.74) is 1.23. The molecule has 0 aliphatic heterocycles. The van der Waals surface area contributed by atoms with E-state index in [4.69, 9.17) is 9.47 Å². The van der Waals surface area contributed by atoms with E-state index >= 15 is 0 Å². The van der Waals surface area contributed by atoms with E-state index in [1.807, 2.05) is 12.1 Å². The summed E-state index contributed by atoms with van der Waals surface area (Å²) in [6.07, 6.45) is 11.1. The molecule has 30 heavy (non-hydrogen) atoms. The summed E-state index contributed by atoms with van der Waals surface area (Å²) in [5.74, 6) is -0.688. The summed E-state index contributed by atoms with van der Waals surface area (Å²) < 4.78 is 25.5. The van der Waals surface area contributed by atoms with E-state index < -0.39 is 11.8 Å². The molecule has 0 amide bonds. The van der Waals surface area contributed by atoms with Crippen molar-refractivity contribution in [3.05, 3.63) is 59.4 Å². The lowest BCUT2D eigenvalue weighted by Crippen LogP contribution is -2.12. The predicted molar refractivity (Wildman–Crippen MR) is 120 cm³/mol. The first-order valence-corrected chi connectivity index (χ1v) is 11.4. The zero-order valence-electron chi connectivity index (χ0n) is 18.4. The van der Waals surface area contributed by atoms with Crippen LogP contribution in [0, 0.1) is 5.82 Å². The third-order valence-corrected chi connectivity index (χ3v) is 5.13. The van der Waals surface area contributed by atoms with E-state index in [9.17, 15) is 9.18 Å². The number of rotatable bonds is 14. The molecule has 2 aromatic rings. The number of halogens is 1. The number of carbonyl (C=O) groups excluding carboxylic acids is 1. The summed E-state index contributed by atoms with van der Waals surface area (Å²) in [4.78, 5) is 12.6. The first kappa shape index (κ1) is 23.9. The second-order valence-electron chi connectivity index (χ2n) is 7.72. The predicted octanol–water partition coefficient (Wildman–Crippen LogP) is 7.52. The minimum atomic E-state index is -0.605. The fraction of sp³-hybridized carbons (Fsp3) is 0.500. The molecule has 0 unspecified atom stereocenters. The average molecular weight is 415 g/mol. The van der Waals surface area contributed by atoms with Crippen molar-refractivity contribution in [3.8, 4) is 11.5 Å². The second-order valence-corrected chi connectivity index (χ2v) is 7.72. The van der Waals surface area contributed by atoms with Gasteiger partial charge < -0.3 is 9.47 Å². The monoisotopic (exact) mass is 414 g/mol. The number of ether oxygens (including phenoxy) is 2. The molecule has 0 saturated carbocycles. The van der Waals surface area contributed by atoms with Gasteiger partial charge in [0, 0.05) is 0 Å². The molecule has 0 radical (unpaired) electrons. The number of benzene rings is 2. The number of unbranched alkanes of at least 4 members (excludes halogenated alkanes) is 7. The van der Waals surface area contributed by atoms with Gasteiger partial charge in [-0.15, -0.1) is 0 Å². The van der Waals surface area contributed by atoms with Crippen LogP contribution < -0.4 is 9.47 Å². The molecule has 0 bridgehead atoms. The maximum absolute atomic E-state index is 14.4. The van der Waals surface area contributed by atoms with Crippen molar-refractivity contribution in [2.75, 3.05) is 6.61 Å². The van der Waals surface area contributed by atoms with Gasteiger partial charge in [0.05, 0.1) is 6.61 Å². The number of carbonyl (C=O) groups is 1. The fourth-order valence-corrected chi connectivity index (χ4v) is 3.34. The number of hydrogen-bond donors (Lipinski definition) is 0. The largest absolute Gasteiger partial charge is 0.493 e. The van der Waals surface area contributed by atoms with Gasteiger partial charge in [-0.1, -0.05) is 77.0 Å². The van der Waals surface area contributed by atoms with Crippen molar-refractivity contribution in [2.45, 2.75) is 78.1 Å². The lowest BCUT2D eigenvalue weighted by molar-refractivity contribution is 0.0723. The van der Waals surface area contributed by atoms with Crippen LogP contribution in [0.4, 0.5) is 4.39 Å². The summed E-state index contributed by atoms with van der Waals surface area (Å²) >= 11 is 0. The van der Waals surface area contributed by atoms with Crippen molar-refractivity contribution in [1.29, 1.82) is 0 Å². The normalized spacial score (nSPS) is 10.8. The maximum Gasteiger partial charge on any atom is 0.347 e. The quantitative estimate of drug-likeness (QED) is 0.182. The Hall–Kier alpha value is -2.36. The fourth-order valence-electron chi connectivity index (χ4n) is 3.34. The zero-order chi connectivity index (χ0) is 21.6. The Kier molecular flexibility index (Phi) is 11.0. The molecular formula is C26H35FO3. The summed E-state index contributed by atoms with van der Waals surface area (Å²) in [5, 5.41) is 0. The van der Waals surface area contributed by atoms with Crippen molar-refractivity contribution in [2.24, 2.45) is 0 Å². The first-order valence-electron chi connectivity index (χ1n) is 11.4. The van der Waals surface area contributed by atoms with Gasteiger partial charge in [-0.25, -0.2) is 9.18 Å². The van der Waals surface area contributed by atoms with Crippen LogP contribution in [-0.2, 0) is 6.42 Å². The Morgan fingerprint density at radius 2 is 1.53 bits per heavy atom. The van der Waals surface area contributed by atoms with Gasteiger partial charge in [0.25, 0.3) is 0 Å². The van der Waals surface area contributed by atoms with E-state index in [1.54, 1.807) is 18.2 Å². The van der Waals surface area contributed by atoms with Gasteiger partial charge in [0.1, 0.15) is 11.3 Å². The summed E-state index contributed by atoms with van der Waals surface area (Å²) in [6.45, 7) is 4.89. The summed E-state index contributed by atoms with van der Waals surface area (Å²) in [7, 11) is 0. The molecule has 0 N–H and O–H groups in total. The van der Waals surface area contributed by atoms with Gasteiger partial charge in [-0.3, -0.25) is 0 Å². The Labute approximate surface area is 180 Å². The van der Waals surface area contributed by atoms with Crippen molar-refractivity contribution < 1.29 is 18.7 Å². The van der Waals surface area contributed by atoms with E-state index in [0.717, 1.165) is 44.1 Å². The highest BCUT2D eigenvalue weighted by molar-refractivity contribution is 5.94. The topological polar surface area (TPSA) is 35.5 Å². The second kappa shape index (κ2) is 13.8. The SMILES string of the molecule is CCCCCCCCOc1ccccc1C(=O)Oc1ccc(CCCCC)cc1F. The zero-order valence-corrected chi connectivity index (χ0v) is 18.4. The standard InChI is InChI=1S/C26H35FO3/c1-3-5-7-8-9-13-19-29-24-16-12-11-15-22(24)26(28)30-25-18-17-21(20-23(25)27)14-10-6-4-2/h11-12,15-18,20H,3-10,13-14,19H2,1-2H3. The van der Waals surface area contributed by atoms with E-state index in [2.05, 4.69) is 13.8 Å². The Morgan fingerprint density at radius 3 is 2.30 bits per heavy atom. The Bertz CT molecular complexity index is 773. The van der Waals surface area contributed by atoms with E-state index in [1.165, 1.54) is 37.8 Å². The van der Waals surface area contributed by atoms with Crippen LogP contribution in [0.3, 0.4) is 0 Å². The molecule has 0 heterocycles. The molecule has 4 heteroatoms. The third-order valence-electron chi connectivity index (χ3n) is 5.13. The van der Waals surface area contributed by atoms with E-state index in [-0.39, 0.29) is 5.75 Å².